The fourth-order valence-electron chi connectivity index (χ4n) is 2.91. The summed E-state index contributed by atoms with van der Waals surface area (Å²) in [5.41, 5.74) is -0.300. The number of aliphatic carboxylic acids is 2. The maximum atomic E-state index is 12.4. The Hall–Kier alpha value is -2.44. The predicted molar refractivity (Wildman–Crippen MR) is 74.7 cm³/mol. The third-order valence-electron chi connectivity index (χ3n) is 4.02. The number of rotatable bonds is 4. The first-order chi connectivity index (χ1) is 10.3. The second kappa shape index (κ2) is 6.13. The molecule has 2 aliphatic rings. The van der Waals surface area contributed by atoms with E-state index in [0.717, 1.165) is 25.7 Å². The molecule has 2 amide bonds. The fraction of sp³-hybridized carbons (Fsp3) is 0.467. The Kier molecular flexibility index (Phi) is 4.44. The van der Waals surface area contributed by atoms with Gasteiger partial charge in [0.05, 0.1) is 0 Å². The van der Waals surface area contributed by atoms with Crippen molar-refractivity contribution >= 4 is 23.8 Å². The molecule has 2 N–H and O–H groups in total. The second-order valence-electron chi connectivity index (χ2n) is 5.52. The lowest BCUT2D eigenvalue weighted by atomic mass is 9.91. The van der Waals surface area contributed by atoms with Crippen LogP contribution in [0.3, 0.4) is 0 Å². The van der Waals surface area contributed by atoms with E-state index in [-0.39, 0.29) is 17.1 Å². The lowest BCUT2D eigenvalue weighted by Gasteiger charge is -2.27. The summed E-state index contributed by atoms with van der Waals surface area (Å²) < 4.78 is 0. The molecule has 0 spiro atoms. The molecule has 22 heavy (non-hydrogen) atoms. The summed E-state index contributed by atoms with van der Waals surface area (Å²) >= 11 is 0. The first kappa shape index (κ1) is 15.9. The quantitative estimate of drug-likeness (QED) is 0.454. The zero-order chi connectivity index (χ0) is 16.4. The minimum Gasteiger partial charge on any atom is -0.480 e. The molecule has 0 aromatic carbocycles. The molecular formula is C15H17NO6. The summed E-state index contributed by atoms with van der Waals surface area (Å²) in [6.45, 7) is 0.571. The summed E-state index contributed by atoms with van der Waals surface area (Å²) in [5.74, 6) is -4.47. The number of amides is 2. The number of carboxylic acids is 2. The van der Waals surface area contributed by atoms with Gasteiger partial charge in [0.1, 0.15) is 12.1 Å². The third kappa shape index (κ3) is 2.93. The van der Waals surface area contributed by atoms with Crippen molar-refractivity contribution in [2.75, 3.05) is 6.54 Å². The molecule has 0 saturated heterocycles. The van der Waals surface area contributed by atoms with Crippen molar-refractivity contribution in [1.29, 1.82) is 0 Å². The summed E-state index contributed by atoms with van der Waals surface area (Å²) in [7, 11) is 0. The van der Waals surface area contributed by atoms with Gasteiger partial charge in [-0.1, -0.05) is 18.9 Å². The maximum absolute atomic E-state index is 12.4. The molecule has 0 aromatic rings. The van der Waals surface area contributed by atoms with Gasteiger partial charge in [0.15, 0.2) is 0 Å². The number of hydrogen-bond acceptors (Lipinski definition) is 4. The van der Waals surface area contributed by atoms with Gasteiger partial charge in [0, 0.05) is 5.57 Å². The number of allylic oxidation sites excluding steroid dienone is 1. The first-order valence-electron chi connectivity index (χ1n) is 7.07. The summed E-state index contributed by atoms with van der Waals surface area (Å²) in [5, 5.41) is 18.0. The van der Waals surface area contributed by atoms with Gasteiger partial charge in [0.25, 0.3) is 11.8 Å². The van der Waals surface area contributed by atoms with E-state index >= 15 is 0 Å². The van der Waals surface area contributed by atoms with Crippen molar-refractivity contribution in [2.24, 2.45) is 5.92 Å². The lowest BCUT2D eigenvalue weighted by molar-refractivity contribution is -0.151. The van der Waals surface area contributed by atoms with Gasteiger partial charge in [-0.05, 0) is 31.3 Å². The van der Waals surface area contributed by atoms with Gasteiger partial charge in [-0.2, -0.15) is 0 Å². The lowest BCUT2D eigenvalue weighted by Crippen LogP contribution is -2.47. The molecule has 7 nitrogen and oxygen atoms in total. The Labute approximate surface area is 126 Å². The van der Waals surface area contributed by atoms with Crippen molar-refractivity contribution in [3.05, 3.63) is 22.8 Å². The third-order valence-corrected chi connectivity index (χ3v) is 4.02. The van der Waals surface area contributed by atoms with Crippen LogP contribution in [0.1, 0.15) is 32.6 Å². The topological polar surface area (TPSA) is 112 Å². The van der Waals surface area contributed by atoms with Crippen molar-refractivity contribution in [1.82, 2.24) is 4.90 Å². The molecule has 2 rings (SSSR count). The Balaban J connectivity index is 2.49. The number of nitrogens with zero attached hydrogens (tertiary/aromatic N) is 1. The van der Waals surface area contributed by atoms with Crippen LogP contribution in [0.25, 0.3) is 0 Å². The molecule has 118 valence electrons. The van der Waals surface area contributed by atoms with Crippen LogP contribution in [0.4, 0.5) is 0 Å². The average molecular weight is 307 g/mol. The van der Waals surface area contributed by atoms with Gasteiger partial charge in [0.2, 0.25) is 0 Å². The summed E-state index contributed by atoms with van der Waals surface area (Å²) in [4.78, 5) is 47.1. The highest BCUT2D eigenvalue weighted by Gasteiger charge is 2.39. The van der Waals surface area contributed by atoms with E-state index in [1.807, 2.05) is 0 Å². The van der Waals surface area contributed by atoms with Crippen molar-refractivity contribution < 1.29 is 29.4 Å². The number of carbonyl (C=O) groups is 4. The van der Waals surface area contributed by atoms with Crippen LogP contribution in [0.15, 0.2) is 22.8 Å². The van der Waals surface area contributed by atoms with Gasteiger partial charge < -0.3 is 10.2 Å². The van der Waals surface area contributed by atoms with Crippen LogP contribution in [-0.4, -0.2) is 45.4 Å². The van der Waals surface area contributed by atoms with Gasteiger partial charge >= 0.3 is 11.9 Å². The molecule has 0 aromatic heterocycles. The highest BCUT2D eigenvalue weighted by molar-refractivity contribution is 6.27. The van der Waals surface area contributed by atoms with E-state index in [9.17, 15) is 24.3 Å². The van der Waals surface area contributed by atoms with Gasteiger partial charge in [-0.3, -0.25) is 19.3 Å². The zero-order valence-corrected chi connectivity index (χ0v) is 12.2. The van der Waals surface area contributed by atoms with Gasteiger partial charge in [-0.25, -0.2) is 4.79 Å². The highest BCUT2D eigenvalue weighted by atomic mass is 16.4. The van der Waals surface area contributed by atoms with E-state index < -0.39 is 35.9 Å². The van der Waals surface area contributed by atoms with Crippen molar-refractivity contribution in [2.45, 2.75) is 32.6 Å². The minimum absolute atomic E-state index is 0.107. The van der Waals surface area contributed by atoms with E-state index in [4.69, 9.17) is 5.11 Å². The van der Waals surface area contributed by atoms with Crippen LogP contribution in [-0.2, 0) is 19.2 Å². The number of carbonyl (C=O) groups excluding carboxylic acids is 2. The monoisotopic (exact) mass is 307 g/mol. The van der Waals surface area contributed by atoms with E-state index in [2.05, 4.69) is 0 Å². The SMILES string of the molecule is CC1=C(C(=O)O)C(=O)N(CC(=O)O)C(=O)/C1=C\C1CCCC1. The first-order valence-corrected chi connectivity index (χ1v) is 7.07. The largest absolute Gasteiger partial charge is 0.480 e. The molecule has 1 aliphatic carbocycles. The molecular weight excluding hydrogens is 290 g/mol. The van der Waals surface area contributed by atoms with Crippen LogP contribution in [0, 0.1) is 5.92 Å². The highest BCUT2D eigenvalue weighted by Crippen LogP contribution is 2.32. The molecule has 0 radical (unpaired) electrons. The van der Waals surface area contributed by atoms with Crippen molar-refractivity contribution in [3.8, 4) is 0 Å². The summed E-state index contributed by atoms with van der Waals surface area (Å²) in [6.07, 6.45) is 5.57. The second-order valence-corrected chi connectivity index (χ2v) is 5.52. The zero-order valence-electron chi connectivity index (χ0n) is 12.2. The molecule has 1 aliphatic heterocycles. The number of carboxylic acid groups (broad SMARTS) is 2. The van der Waals surface area contributed by atoms with Crippen molar-refractivity contribution in [3.63, 3.8) is 0 Å². The minimum atomic E-state index is -1.46. The predicted octanol–water partition coefficient (Wildman–Crippen LogP) is 0.957. The Morgan fingerprint density at radius 3 is 2.27 bits per heavy atom. The molecule has 7 heteroatoms. The van der Waals surface area contributed by atoms with Crippen LogP contribution < -0.4 is 0 Å². The molecule has 0 unspecified atom stereocenters. The van der Waals surface area contributed by atoms with Crippen LogP contribution >= 0.6 is 0 Å². The smallest absolute Gasteiger partial charge is 0.341 e. The summed E-state index contributed by atoms with van der Waals surface area (Å²) in [6, 6.07) is 0. The molecule has 1 fully saturated rings. The standard InChI is InChI=1S/C15H17NO6/c1-8-10(6-9-4-2-3-5-9)13(19)16(7-11(17)18)14(20)12(8)15(21)22/h6,9H,2-5,7H2,1H3,(H,17,18)(H,21,22)/b10-6-. The molecule has 1 saturated carbocycles. The number of hydrogen-bond donors (Lipinski definition) is 2. The Morgan fingerprint density at radius 2 is 1.77 bits per heavy atom. The Morgan fingerprint density at radius 1 is 1.18 bits per heavy atom. The normalized spacial score (nSPS) is 21.9. The number of imide groups is 1. The molecule has 0 bridgehead atoms. The fourth-order valence-corrected chi connectivity index (χ4v) is 2.91. The van der Waals surface area contributed by atoms with E-state index in [1.54, 1.807) is 6.08 Å². The molecule has 1 heterocycles. The Bertz CT molecular complexity index is 610. The van der Waals surface area contributed by atoms with E-state index in [1.165, 1.54) is 6.92 Å². The van der Waals surface area contributed by atoms with E-state index in [0.29, 0.717) is 4.90 Å². The van der Waals surface area contributed by atoms with Gasteiger partial charge in [-0.15, -0.1) is 0 Å². The van der Waals surface area contributed by atoms with Crippen LogP contribution in [0.2, 0.25) is 0 Å². The maximum Gasteiger partial charge on any atom is 0.341 e. The van der Waals surface area contributed by atoms with Crippen LogP contribution in [0.5, 0.6) is 0 Å². The molecule has 0 atom stereocenters. The average Bonchev–Trinajstić information content (AvgIpc) is 2.92.